The van der Waals surface area contributed by atoms with Gasteiger partial charge in [-0.2, -0.15) is 0 Å². The largest absolute Gasteiger partial charge is 0.617 e. The maximum Gasteiger partial charge on any atom is 0.124 e. The summed E-state index contributed by atoms with van der Waals surface area (Å²) >= 11 is -0.611. The summed E-state index contributed by atoms with van der Waals surface area (Å²) in [4.78, 5) is 4.15. The molecule has 0 amide bonds. The second-order valence-corrected chi connectivity index (χ2v) is 4.65. The zero-order valence-electron chi connectivity index (χ0n) is 8.81. The average molecular weight is 222 g/mol. The summed E-state index contributed by atoms with van der Waals surface area (Å²) < 4.78 is 9.56. The number of nitrogen functional groups attached to an aromatic ring is 1. The molecule has 2 N–H and O–H groups in total. The van der Waals surface area contributed by atoms with Crippen LogP contribution in [0.5, 0.6) is 0 Å². The lowest BCUT2D eigenvalue weighted by atomic mass is 10.2. The fraction of sp³-hybridized carbons (Fsp3) is 0.182. The van der Waals surface area contributed by atoms with Gasteiger partial charge in [0.25, 0.3) is 0 Å². The van der Waals surface area contributed by atoms with E-state index in [-0.39, 0.29) is 0 Å². The van der Waals surface area contributed by atoms with Gasteiger partial charge in [0, 0.05) is 5.39 Å². The molecule has 0 aliphatic heterocycles. The molecular formula is C11H14N2OS. The molecule has 2 aromatic rings. The Morgan fingerprint density at radius 3 is 2.40 bits per heavy atom. The van der Waals surface area contributed by atoms with Crippen molar-refractivity contribution in [2.24, 2.45) is 0 Å². The van der Waals surface area contributed by atoms with E-state index in [4.69, 9.17) is 5.73 Å². The molecule has 2 rings (SSSR count). The Morgan fingerprint density at radius 1 is 1.13 bits per heavy atom. The summed E-state index contributed by atoms with van der Waals surface area (Å²) in [6.07, 6.45) is 3.28. The van der Waals surface area contributed by atoms with Crippen LogP contribution < -0.4 is 5.73 Å². The highest BCUT2D eigenvalue weighted by atomic mass is 32.2. The van der Waals surface area contributed by atoms with Crippen LogP contribution in [0.4, 0.5) is 5.82 Å². The third-order valence-corrected chi connectivity index (χ3v) is 1.62. The SMILES string of the molecule is C[S+](C)[O-].Nc1ccc2ccccc2n1. The van der Waals surface area contributed by atoms with Crippen LogP contribution in [-0.2, 0) is 11.2 Å². The van der Waals surface area contributed by atoms with E-state index in [0.717, 1.165) is 10.9 Å². The Hall–Kier alpha value is -1.26. The van der Waals surface area contributed by atoms with Crippen molar-refractivity contribution in [3.8, 4) is 0 Å². The fourth-order valence-corrected chi connectivity index (χ4v) is 1.08. The fourth-order valence-electron chi connectivity index (χ4n) is 1.08. The summed E-state index contributed by atoms with van der Waals surface area (Å²) in [5.74, 6) is 0.573. The van der Waals surface area contributed by atoms with Crippen molar-refractivity contribution in [3.05, 3.63) is 36.4 Å². The van der Waals surface area contributed by atoms with E-state index in [1.807, 2.05) is 36.4 Å². The number of pyridine rings is 1. The lowest BCUT2D eigenvalue weighted by Gasteiger charge is -1.95. The summed E-state index contributed by atoms with van der Waals surface area (Å²) in [6.45, 7) is 0. The minimum absolute atomic E-state index is 0.573. The number of nitrogens with zero attached hydrogens (tertiary/aromatic N) is 1. The lowest BCUT2D eigenvalue weighted by molar-refractivity contribution is 0.606. The van der Waals surface area contributed by atoms with E-state index in [2.05, 4.69) is 4.98 Å². The number of nitrogens with two attached hydrogens (primary N) is 1. The molecule has 0 atom stereocenters. The van der Waals surface area contributed by atoms with Crippen LogP contribution in [0.2, 0.25) is 0 Å². The highest BCUT2D eigenvalue weighted by Gasteiger charge is 1.91. The number of hydrogen-bond donors (Lipinski definition) is 1. The topological polar surface area (TPSA) is 62.0 Å². The third-order valence-electron chi connectivity index (χ3n) is 1.62. The van der Waals surface area contributed by atoms with E-state index < -0.39 is 11.2 Å². The first-order chi connectivity index (χ1) is 7.09. The van der Waals surface area contributed by atoms with Crippen LogP contribution >= 0.6 is 0 Å². The van der Waals surface area contributed by atoms with Crippen molar-refractivity contribution in [1.29, 1.82) is 0 Å². The molecule has 1 heterocycles. The predicted molar refractivity (Wildman–Crippen MR) is 66.1 cm³/mol. The van der Waals surface area contributed by atoms with E-state index in [1.165, 1.54) is 0 Å². The van der Waals surface area contributed by atoms with Gasteiger partial charge >= 0.3 is 0 Å². The summed E-state index contributed by atoms with van der Waals surface area (Å²) in [5, 5.41) is 1.13. The maximum absolute atomic E-state index is 9.56. The summed E-state index contributed by atoms with van der Waals surface area (Å²) in [7, 11) is 0. The molecule has 0 fully saturated rings. The van der Waals surface area contributed by atoms with Gasteiger partial charge in [-0.15, -0.1) is 0 Å². The molecule has 80 valence electrons. The molecule has 0 aliphatic rings. The predicted octanol–water partition coefficient (Wildman–Crippen LogP) is 1.81. The average Bonchev–Trinajstić information content (AvgIpc) is 2.16. The van der Waals surface area contributed by atoms with Gasteiger partial charge < -0.3 is 10.3 Å². The van der Waals surface area contributed by atoms with Gasteiger partial charge in [-0.05, 0) is 18.2 Å². The third kappa shape index (κ3) is 4.18. The number of para-hydroxylation sites is 1. The summed E-state index contributed by atoms with van der Waals surface area (Å²) in [6, 6.07) is 11.7. The zero-order valence-corrected chi connectivity index (χ0v) is 9.62. The van der Waals surface area contributed by atoms with Gasteiger partial charge in [-0.25, -0.2) is 4.98 Å². The normalized spacial score (nSPS) is 9.87. The van der Waals surface area contributed by atoms with E-state index in [0.29, 0.717) is 5.82 Å². The zero-order chi connectivity index (χ0) is 11.3. The smallest absolute Gasteiger partial charge is 0.124 e. The first kappa shape index (κ1) is 11.8. The van der Waals surface area contributed by atoms with Crippen LogP contribution in [0, 0.1) is 0 Å². The standard InChI is InChI=1S/C9H8N2.C2H6OS/c10-9-6-5-7-3-1-2-4-8(7)11-9;1-4(2)3/h1-6H,(H2,10,11);1-2H3. The van der Waals surface area contributed by atoms with Gasteiger partial charge in [-0.3, -0.25) is 0 Å². The molecule has 1 aromatic heterocycles. The quantitative estimate of drug-likeness (QED) is 0.691. The number of hydrogen-bond acceptors (Lipinski definition) is 3. The maximum atomic E-state index is 9.56. The van der Waals surface area contributed by atoms with Crippen molar-refractivity contribution >= 4 is 27.9 Å². The highest BCUT2D eigenvalue weighted by Crippen LogP contribution is 2.11. The van der Waals surface area contributed by atoms with Gasteiger partial charge in [0.05, 0.1) is 18.0 Å². The molecular weight excluding hydrogens is 208 g/mol. The number of anilines is 1. The number of fused-ring (bicyclic) bond motifs is 1. The Bertz CT molecular complexity index is 429. The van der Waals surface area contributed by atoms with Gasteiger partial charge in [-0.1, -0.05) is 29.4 Å². The van der Waals surface area contributed by atoms with Crippen LogP contribution in [0.3, 0.4) is 0 Å². The summed E-state index contributed by atoms with van der Waals surface area (Å²) in [5.41, 5.74) is 6.46. The van der Waals surface area contributed by atoms with Crippen LogP contribution in [0.1, 0.15) is 0 Å². The number of aromatic nitrogens is 1. The number of benzene rings is 1. The van der Waals surface area contributed by atoms with E-state index >= 15 is 0 Å². The van der Waals surface area contributed by atoms with Gasteiger partial charge in [0.2, 0.25) is 0 Å². The van der Waals surface area contributed by atoms with Crippen LogP contribution in [-0.4, -0.2) is 22.0 Å². The van der Waals surface area contributed by atoms with Crippen molar-refractivity contribution < 1.29 is 4.55 Å². The van der Waals surface area contributed by atoms with E-state index in [1.54, 1.807) is 12.5 Å². The van der Waals surface area contributed by atoms with Crippen LogP contribution in [0.25, 0.3) is 10.9 Å². The molecule has 0 saturated carbocycles. The Balaban J connectivity index is 0.000000245. The van der Waals surface area contributed by atoms with Crippen molar-refractivity contribution in [1.82, 2.24) is 4.98 Å². The molecule has 0 bridgehead atoms. The van der Waals surface area contributed by atoms with Gasteiger partial charge in [0.1, 0.15) is 5.82 Å². The molecule has 0 aliphatic carbocycles. The van der Waals surface area contributed by atoms with E-state index in [9.17, 15) is 4.55 Å². The Kier molecular flexibility index (Phi) is 4.39. The minimum Gasteiger partial charge on any atom is -0.617 e. The van der Waals surface area contributed by atoms with Crippen molar-refractivity contribution in [3.63, 3.8) is 0 Å². The number of rotatable bonds is 0. The molecule has 0 spiro atoms. The Labute approximate surface area is 92.5 Å². The monoisotopic (exact) mass is 222 g/mol. The molecule has 0 saturated heterocycles. The molecule has 15 heavy (non-hydrogen) atoms. The molecule has 4 heteroatoms. The minimum atomic E-state index is -0.611. The van der Waals surface area contributed by atoms with Gasteiger partial charge in [0.15, 0.2) is 0 Å². The Morgan fingerprint density at radius 2 is 1.73 bits per heavy atom. The first-order valence-corrected chi connectivity index (χ1v) is 6.42. The highest BCUT2D eigenvalue weighted by molar-refractivity contribution is 7.89. The second kappa shape index (κ2) is 5.58. The second-order valence-electron chi connectivity index (χ2n) is 3.17. The molecule has 0 unspecified atom stereocenters. The van der Waals surface area contributed by atoms with Crippen LogP contribution in [0.15, 0.2) is 36.4 Å². The first-order valence-electron chi connectivity index (χ1n) is 4.46. The van der Waals surface area contributed by atoms with Crippen molar-refractivity contribution in [2.75, 3.05) is 18.2 Å². The molecule has 1 aromatic carbocycles. The lowest BCUT2D eigenvalue weighted by Crippen LogP contribution is -1.88. The molecule has 3 nitrogen and oxygen atoms in total. The molecule has 0 radical (unpaired) electrons. The van der Waals surface area contributed by atoms with Crippen molar-refractivity contribution in [2.45, 2.75) is 0 Å².